The first-order chi connectivity index (χ1) is 10.6. The van der Waals surface area contributed by atoms with Gasteiger partial charge in [0.2, 0.25) is 21.8 Å². The first-order valence-electron chi connectivity index (χ1n) is 7.86. The Balaban J connectivity index is 2.13. The summed E-state index contributed by atoms with van der Waals surface area (Å²) in [4.78, 5) is 27.8. The molecule has 2 fully saturated rings. The zero-order chi connectivity index (χ0) is 17.4. The van der Waals surface area contributed by atoms with Crippen LogP contribution in [0.1, 0.15) is 27.2 Å². The number of hydrogen-bond donors (Lipinski definition) is 2. The van der Waals surface area contributed by atoms with Gasteiger partial charge < -0.3 is 10.2 Å². The van der Waals surface area contributed by atoms with Crippen LogP contribution in [0.3, 0.4) is 0 Å². The monoisotopic (exact) mass is 346 g/mol. The number of carbonyl (C=O) groups is 2. The number of amides is 2. The van der Waals surface area contributed by atoms with E-state index in [0.717, 1.165) is 6.26 Å². The Morgan fingerprint density at radius 3 is 2.52 bits per heavy atom. The third-order valence-electron chi connectivity index (χ3n) is 4.39. The fraction of sp³-hybridized carbons (Fsp3) is 0.857. The van der Waals surface area contributed by atoms with Crippen molar-refractivity contribution in [1.82, 2.24) is 19.8 Å². The predicted octanol–water partition coefficient (Wildman–Crippen LogP) is -1.27. The van der Waals surface area contributed by atoms with Crippen molar-refractivity contribution in [1.29, 1.82) is 0 Å². The lowest BCUT2D eigenvalue weighted by molar-refractivity contribution is -0.145. The summed E-state index contributed by atoms with van der Waals surface area (Å²) in [6, 6.07) is -0.459. The van der Waals surface area contributed by atoms with Crippen LogP contribution in [0, 0.1) is 0 Å². The summed E-state index contributed by atoms with van der Waals surface area (Å²) >= 11 is 0. The molecule has 2 rings (SSSR count). The molecule has 2 saturated heterocycles. The number of sulfonamides is 1. The third kappa shape index (κ3) is 4.42. The number of piperazine rings is 1. The summed E-state index contributed by atoms with van der Waals surface area (Å²) in [5, 5.41) is 2.72. The third-order valence-corrected chi connectivity index (χ3v) is 5.15. The van der Waals surface area contributed by atoms with Crippen LogP contribution in [0.4, 0.5) is 0 Å². The molecule has 2 amide bonds. The first kappa shape index (κ1) is 18.2. The van der Waals surface area contributed by atoms with E-state index in [2.05, 4.69) is 14.9 Å². The second-order valence-electron chi connectivity index (χ2n) is 6.71. The van der Waals surface area contributed by atoms with Crippen LogP contribution in [0.5, 0.6) is 0 Å². The summed E-state index contributed by atoms with van der Waals surface area (Å²) in [7, 11) is -3.29. The van der Waals surface area contributed by atoms with Gasteiger partial charge >= 0.3 is 0 Å². The fourth-order valence-corrected chi connectivity index (χ4v) is 4.24. The topological polar surface area (TPSA) is 98.8 Å². The summed E-state index contributed by atoms with van der Waals surface area (Å²) in [6.45, 7) is 6.82. The van der Waals surface area contributed by atoms with Crippen molar-refractivity contribution in [3.63, 3.8) is 0 Å². The molecule has 0 unspecified atom stereocenters. The van der Waals surface area contributed by atoms with Gasteiger partial charge in [0.1, 0.15) is 6.04 Å². The van der Waals surface area contributed by atoms with Gasteiger partial charge in [-0.15, -0.1) is 0 Å². The maximum absolute atomic E-state index is 12.8. The number of carbonyl (C=O) groups excluding carboxylic acids is 2. The van der Waals surface area contributed by atoms with Crippen molar-refractivity contribution in [2.45, 2.75) is 51.4 Å². The Kier molecular flexibility index (Phi) is 5.32. The number of fused-ring (bicyclic) bond motifs is 1. The lowest BCUT2D eigenvalue weighted by atomic mass is 10.0. The van der Waals surface area contributed by atoms with Gasteiger partial charge in [-0.05, 0) is 20.3 Å². The largest absolute Gasteiger partial charge is 0.354 e. The van der Waals surface area contributed by atoms with Gasteiger partial charge in [0.05, 0.1) is 6.26 Å². The van der Waals surface area contributed by atoms with Crippen LogP contribution >= 0.6 is 0 Å². The lowest BCUT2D eigenvalue weighted by Gasteiger charge is -2.44. The Hall–Kier alpha value is -1.19. The van der Waals surface area contributed by atoms with Crippen LogP contribution in [-0.4, -0.2) is 80.1 Å². The SMILES string of the molecule is CC(=O)NC[C@H]1C(=O)N2C[C@@H](NS(C)(=O)=O)C[C@H]2CN1C(C)C. The van der Waals surface area contributed by atoms with E-state index in [1.807, 2.05) is 13.8 Å². The Bertz CT molecular complexity index is 577. The van der Waals surface area contributed by atoms with Crippen LogP contribution < -0.4 is 10.0 Å². The molecule has 0 radical (unpaired) electrons. The van der Waals surface area contributed by atoms with E-state index >= 15 is 0 Å². The molecule has 2 aliphatic rings. The van der Waals surface area contributed by atoms with Gasteiger partial charge in [-0.1, -0.05) is 0 Å². The van der Waals surface area contributed by atoms with Crippen LogP contribution in [0.15, 0.2) is 0 Å². The average Bonchev–Trinajstić information content (AvgIpc) is 2.77. The summed E-state index contributed by atoms with van der Waals surface area (Å²) < 4.78 is 25.4. The highest BCUT2D eigenvalue weighted by Crippen LogP contribution is 2.27. The van der Waals surface area contributed by atoms with Crippen LogP contribution in [0.25, 0.3) is 0 Å². The van der Waals surface area contributed by atoms with Gasteiger partial charge in [0, 0.05) is 44.7 Å². The molecular weight excluding hydrogens is 320 g/mol. The number of nitrogens with one attached hydrogen (secondary N) is 2. The molecule has 132 valence electrons. The highest BCUT2D eigenvalue weighted by atomic mass is 32.2. The molecule has 9 heteroatoms. The molecule has 23 heavy (non-hydrogen) atoms. The smallest absolute Gasteiger partial charge is 0.242 e. The summed E-state index contributed by atoms with van der Waals surface area (Å²) in [6.07, 6.45) is 1.75. The van der Waals surface area contributed by atoms with E-state index in [1.165, 1.54) is 6.92 Å². The molecular formula is C14H26N4O4S. The van der Waals surface area contributed by atoms with E-state index in [-0.39, 0.29) is 36.5 Å². The summed E-state index contributed by atoms with van der Waals surface area (Å²) in [5.74, 6) is -0.205. The molecule has 2 aliphatic heterocycles. The average molecular weight is 346 g/mol. The van der Waals surface area contributed by atoms with Gasteiger partial charge in [0.15, 0.2) is 0 Å². The molecule has 2 heterocycles. The minimum Gasteiger partial charge on any atom is -0.354 e. The molecule has 0 spiro atoms. The molecule has 0 aromatic heterocycles. The Morgan fingerprint density at radius 1 is 1.35 bits per heavy atom. The van der Waals surface area contributed by atoms with Crippen LogP contribution in [-0.2, 0) is 19.6 Å². The van der Waals surface area contributed by atoms with E-state index in [9.17, 15) is 18.0 Å². The van der Waals surface area contributed by atoms with Gasteiger partial charge in [0.25, 0.3) is 0 Å². The molecule has 0 aliphatic carbocycles. The highest BCUT2D eigenvalue weighted by molar-refractivity contribution is 7.88. The van der Waals surface area contributed by atoms with E-state index < -0.39 is 16.1 Å². The van der Waals surface area contributed by atoms with Crippen molar-refractivity contribution >= 4 is 21.8 Å². The van der Waals surface area contributed by atoms with Crippen molar-refractivity contribution in [2.75, 3.05) is 25.9 Å². The van der Waals surface area contributed by atoms with Crippen molar-refractivity contribution in [3.05, 3.63) is 0 Å². The molecule has 0 saturated carbocycles. The minimum absolute atomic E-state index is 0.0118. The highest BCUT2D eigenvalue weighted by Gasteiger charge is 2.46. The van der Waals surface area contributed by atoms with Gasteiger partial charge in [-0.25, -0.2) is 13.1 Å². The Morgan fingerprint density at radius 2 is 2.00 bits per heavy atom. The summed E-state index contributed by atoms with van der Waals surface area (Å²) in [5.41, 5.74) is 0. The van der Waals surface area contributed by atoms with Gasteiger partial charge in [-0.3, -0.25) is 14.5 Å². The quantitative estimate of drug-likeness (QED) is 0.647. The normalized spacial score (nSPS) is 29.0. The standard InChI is InChI=1S/C14H26N4O4S/c1-9(2)17-8-12-5-11(16-23(4,21)22)7-18(12)14(20)13(17)6-15-10(3)19/h9,11-13,16H,5-8H2,1-4H3,(H,15,19)/t11-,12-,13-/m0/s1. The van der Waals surface area contributed by atoms with Gasteiger partial charge in [-0.2, -0.15) is 0 Å². The second kappa shape index (κ2) is 6.74. The number of rotatable bonds is 5. The molecule has 0 aromatic carbocycles. The molecule has 8 nitrogen and oxygen atoms in total. The zero-order valence-electron chi connectivity index (χ0n) is 14.1. The molecule has 0 bridgehead atoms. The molecule has 3 atom stereocenters. The maximum atomic E-state index is 12.8. The van der Waals surface area contributed by atoms with Crippen molar-refractivity contribution in [2.24, 2.45) is 0 Å². The first-order valence-corrected chi connectivity index (χ1v) is 9.75. The predicted molar refractivity (Wildman–Crippen MR) is 86.2 cm³/mol. The van der Waals surface area contributed by atoms with Crippen molar-refractivity contribution < 1.29 is 18.0 Å². The molecule has 0 aromatic rings. The maximum Gasteiger partial charge on any atom is 0.242 e. The molecule has 2 N–H and O–H groups in total. The second-order valence-corrected chi connectivity index (χ2v) is 8.49. The number of nitrogens with zero attached hydrogens (tertiary/aromatic N) is 2. The zero-order valence-corrected chi connectivity index (χ0v) is 14.9. The van der Waals surface area contributed by atoms with Crippen LogP contribution in [0.2, 0.25) is 0 Å². The van der Waals surface area contributed by atoms with Crippen molar-refractivity contribution in [3.8, 4) is 0 Å². The number of hydrogen-bond acceptors (Lipinski definition) is 5. The Labute approximate surface area is 137 Å². The lowest BCUT2D eigenvalue weighted by Crippen LogP contribution is -2.64. The van der Waals surface area contributed by atoms with E-state index in [1.54, 1.807) is 4.90 Å². The minimum atomic E-state index is -3.29. The fourth-order valence-electron chi connectivity index (χ4n) is 3.47. The van der Waals surface area contributed by atoms with E-state index in [0.29, 0.717) is 19.5 Å². The van der Waals surface area contributed by atoms with E-state index in [4.69, 9.17) is 0 Å².